The number of nitro benzene ring substituents is 1. The molecule has 1 aromatic carbocycles. The lowest BCUT2D eigenvalue weighted by molar-refractivity contribution is -0.385. The number of nitrogens with zero attached hydrogens (tertiary/aromatic N) is 1. The highest BCUT2D eigenvalue weighted by atomic mass is 19.1. The number of rotatable bonds is 5. The van der Waals surface area contributed by atoms with Crippen molar-refractivity contribution in [2.45, 2.75) is 25.8 Å². The summed E-state index contributed by atoms with van der Waals surface area (Å²) in [6.45, 7) is 1.84. The predicted molar refractivity (Wildman–Crippen MR) is 68.0 cm³/mol. The van der Waals surface area contributed by atoms with Crippen molar-refractivity contribution < 1.29 is 14.1 Å². The Morgan fingerprint density at radius 1 is 1.58 bits per heavy atom. The van der Waals surface area contributed by atoms with Crippen LogP contribution in [0.25, 0.3) is 0 Å². The zero-order valence-corrected chi connectivity index (χ0v) is 10.4. The number of terminal acetylenes is 1. The van der Waals surface area contributed by atoms with Gasteiger partial charge in [0.1, 0.15) is 5.82 Å². The van der Waals surface area contributed by atoms with E-state index in [0.717, 1.165) is 18.2 Å². The van der Waals surface area contributed by atoms with Gasteiger partial charge in [-0.3, -0.25) is 14.9 Å². The molecule has 19 heavy (non-hydrogen) atoms. The van der Waals surface area contributed by atoms with Gasteiger partial charge >= 0.3 is 0 Å². The van der Waals surface area contributed by atoms with Gasteiger partial charge in [-0.15, -0.1) is 12.3 Å². The van der Waals surface area contributed by atoms with Crippen molar-refractivity contribution in [1.29, 1.82) is 0 Å². The minimum atomic E-state index is -0.829. The van der Waals surface area contributed by atoms with Crippen molar-refractivity contribution >= 4 is 11.6 Å². The molecule has 0 saturated carbocycles. The molecule has 0 radical (unpaired) electrons. The van der Waals surface area contributed by atoms with Gasteiger partial charge in [0.15, 0.2) is 0 Å². The lowest BCUT2D eigenvalue weighted by atomic mass is 10.1. The average molecular weight is 264 g/mol. The van der Waals surface area contributed by atoms with E-state index in [1.165, 1.54) is 0 Å². The third-order valence-corrected chi connectivity index (χ3v) is 2.55. The lowest BCUT2D eigenvalue weighted by Gasteiger charge is -2.14. The summed E-state index contributed by atoms with van der Waals surface area (Å²) in [6.07, 6.45) is 6.12. The van der Waals surface area contributed by atoms with Crippen LogP contribution in [0.5, 0.6) is 0 Å². The number of hydrogen-bond donors (Lipinski definition) is 1. The Labute approximate surface area is 110 Å². The third kappa shape index (κ3) is 4.07. The van der Waals surface area contributed by atoms with E-state index >= 15 is 0 Å². The number of non-ortho nitro benzene ring substituents is 1. The fourth-order valence-electron chi connectivity index (χ4n) is 1.52. The summed E-state index contributed by atoms with van der Waals surface area (Å²) in [4.78, 5) is 21.7. The van der Waals surface area contributed by atoms with Gasteiger partial charge in [-0.25, -0.2) is 4.39 Å². The summed E-state index contributed by atoms with van der Waals surface area (Å²) in [5.74, 6) is 1.01. The van der Waals surface area contributed by atoms with E-state index in [2.05, 4.69) is 11.2 Å². The Morgan fingerprint density at radius 2 is 2.26 bits per heavy atom. The average Bonchev–Trinajstić information content (AvgIpc) is 2.37. The first kappa shape index (κ1) is 14.6. The van der Waals surface area contributed by atoms with E-state index in [-0.39, 0.29) is 11.6 Å². The number of nitrogens with one attached hydrogen (secondary N) is 1. The maximum absolute atomic E-state index is 13.2. The quantitative estimate of drug-likeness (QED) is 0.503. The van der Waals surface area contributed by atoms with Gasteiger partial charge in [0.05, 0.1) is 11.0 Å². The first-order chi connectivity index (χ1) is 8.97. The number of halogens is 1. The molecule has 0 aliphatic carbocycles. The smallest absolute Gasteiger partial charge is 0.273 e. The van der Waals surface area contributed by atoms with Gasteiger partial charge in [-0.1, -0.05) is 6.92 Å². The van der Waals surface area contributed by atoms with Crippen LogP contribution in [0.1, 0.15) is 30.1 Å². The lowest BCUT2D eigenvalue weighted by Crippen LogP contribution is -2.34. The highest BCUT2D eigenvalue weighted by Crippen LogP contribution is 2.16. The van der Waals surface area contributed by atoms with Crippen LogP contribution in [0.2, 0.25) is 0 Å². The van der Waals surface area contributed by atoms with Gasteiger partial charge in [0, 0.05) is 24.1 Å². The number of amides is 1. The van der Waals surface area contributed by atoms with E-state index in [1.807, 2.05) is 6.92 Å². The van der Waals surface area contributed by atoms with Crippen LogP contribution < -0.4 is 5.32 Å². The second-order valence-electron chi connectivity index (χ2n) is 3.94. The van der Waals surface area contributed by atoms with Crippen LogP contribution in [0, 0.1) is 28.3 Å². The van der Waals surface area contributed by atoms with Gasteiger partial charge in [0.2, 0.25) is 0 Å². The molecule has 0 spiro atoms. The fourth-order valence-corrected chi connectivity index (χ4v) is 1.52. The third-order valence-electron chi connectivity index (χ3n) is 2.55. The second kappa shape index (κ2) is 6.50. The molecular weight excluding hydrogens is 251 g/mol. The molecule has 1 aromatic rings. The molecule has 0 fully saturated rings. The number of carbonyl (C=O) groups excluding carboxylic acids is 1. The Bertz CT molecular complexity index is 537. The van der Waals surface area contributed by atoms with Crippen molar-refractivity contribution in [3.63, 3.8) is 0 Å². The van der Waals surface area contributed by atoms with Crippen LogP contribution in [-0.2, 0) is 0 Å². The maximum Gasteiger partial charge on any atom is 0.273 e. The van der Waals surface area contributed by atoms with Crippen molar-refractivity contribution in [1.82, 2.24) is 5.32 Å². The van der Waals surface area contributed by atoms with E-state index in [1.54, 1.807) is 0 Å². The molecule has 0 aromatic heterocycles. The van der Waals surface area contributed by atoms with Gasteiger partial charge in [0.25, 0.3) is 11.6 Å². The molecule has 0 bridgehead atoms. The number of benzene rings is 1. The van der Waals surface area contributed by atoms with Gasteiger partial charge in [-0.05, 0) is 12.5 Å². The summed E-state index contributed by atoms with van der Waals surface area (Å²) in [5.41, 5.74) is -0.558. The van der Waals surface area contributed by atoms with Crippen LogP contribution in [-0.4, -0.2) is 16.9 Å². The zero-order chi connectivity index (χ0) is 14.4. The molecule has 100 valence electrons. The van der Waals surface area contributed by atoms with Crippen molar-refractivity contribution in [2.24, 2.45) is 0 Å². The van der Waals surface area contributed by atoms with Crippen LogP contribution >= 0.6 is 0 Å². The Kier molecular flexibility index (Phi) is 5.01. The van der Waals surface area contributed by atoms with Gasteiger partial charge in [-0.2, -0.15) is 0 Å². The molecule has 1 N–H and O–H groups in total. The normalized spacial score (nSPS) is 11.4. The summed E-state index contributed by atoms with van der Waals surface area (Å²) in [5, 5.41) is 13.2. The molecule has 1 unspecified atom stereocenters. The van der Waals surface area contributed by atoms with E-state index in [0.29, 0.717) is 12.8 Å². The molecule has 6 heteroatoms. The second-order valence-corrected chi connectivity index (χ2v) is 3.94. The molecule has 1 atom stereocenters. The largest absolute Gasteiger partial charge is 0.348 e. The number of nitro groups is 1. The van der Waals surface area contributed by atoms with Crippen LogP contribution in [0.3, 0.4) is 0 Å². The fraction of sp³-hybridized carbons (Fsp3) is 0.308. The van der Waals surface area contributed by atoms with E-state index < -0.39 is 22.3 Å². The van der Waals surface area contributed by atoms with E-state index in [4.69, 9.17) is 6.42 Å². The summed E-state index contributed by atoms with van der Waals surface area (Å²) in [7, 11) is 0. The predicted octanol–water partition coefficient (Wildman–Crippen LogP) is 2.27. The molecular formula is C13H13FN2O3. The van der Waals surface area contributed by atoms with Crippen LogP contribution in [0.15, 0.2) is 18.2 Å². The van der Waals surface area contributed by atoms with Crippen molar-refractivity contribution in [3.8, 4) is 12.3 Å². The summed E-state index contributed by atoms with van der Waals surface area (Å²) >= 11 is 0. The molecule has 0 aliphatic heterocycles. The van der Waals surface area contributed by atoms with Crippen molar-refractivity contribution in [3.05, 3.63) is 39.7 Å². The molecule has 1 amide bonds. The minimum Gasteiger partial charge on any atom is -0.348 e. The molecule has 5 nitrogen and oxygen atoms in total. The molecule has 0 heterocycles. The summed E-state index contributed by atoms with van der Waals surface area (Å²) in [6, 6.07) is 2.50. The Morgan fingerprint density at radius 3 is 2.79 bits per heavy atom. The Balaban J connectivity index is 2.93. The zero-order valence-electron chi connectivity index (χ0n) is 10.4. The first-order valence-electron chi connectivity index (χ1n) is 5.67. The van der Waals surface area contributed by atoms with Crippen molar-refractivity contribution in [2.75, 3.05) is 0 Å². The molecule has 0 saturated heterocycles. The van der Waals surface area contributed by atoms with Crippen LogP contribution in [0.4, 0.5) is 10.1 Å². The monoisotopic (exact) mass is 264 g/mol. The SMILES string of the molecule is C#CCC(CC)NC(=O)c1cc(F)cc([N+](=O)[O-])c1. The standard InChI is InChI=1S/C13H13FN2O3/c1-3-5-11(4-2)15-13(17)9-6-10(14)8-12(7-9)16(18)19/h1,6-8,11H,4-5H2,2H3,(H,15,17). The highest BCUT2D eigenvalue weighted by Gasteiger charge is 2.16. The molecule has 0 aliphatic rings. The Hall–Kier alpha value is -2.42. The first-order valence-corrected chi connectivity index (χ1v) is 5.67. The maximum atomic E-state index is 13.2. The van der Waals surface area contributed by atoms with E-state index in [9.17, 15) is 19.3 Å². The topological polar surface area (TPSA) is 72.2 Å². The van der Waals surface area contributed by atoms with Gasteiger partial charge < -0.3 is 5.32 Å². The highest BCUT2D eigenvalue weighted by molar-refractivity contribution is 5.95. The summed E-state index contributed by atoms with van der Waals surface area (Å²) < 4.78 is 13.2. The number of hydrogen-bond acceptors (Lipinski definition) is 3. The molecule has 1 rings (SSSR count). The minimum absolute atomic E-state index is 0.0952. The number of carbonyl (C=O) groups is 1.